The van der Waals surface area contributed by atoms with Gasteiger partial charge in [-0.2, -0.15) is 0 Å². The van der Waals surface area contributed by atoms with Crippen molar-refractivity contribution in [1.82, 2.24) is 14.6 Å². The van der Waals surface area contributed by atoms with Crippen molar-refractivity contribution < 1.29 is 4.79 Å². The molecular weight excluding hydrogens is 308 g/mol. The minimum atomic E-state index is -0.204. The molecule has 0 aliphatic rings. The topological polar surface area (TPSA) is 70.7 Å². The van der Waals surface area contributed by atoms with Crippen LogP contribution in [0.25, 0.3) is 22.2 Å². The van der Waals surface area contributed by atoms with Gasteiger partial charge in [0.05, 0.1) is 0 Å². The maximum Gasteiger partial charge on any atom is 0.269 e. The normalized spacial score (nSPS) is 10.8. The number of carbonyl (C=O) groups is 1. The number of aromatic nitrogens is 3. The lowest BCUT2D eigenvalue weighted by molar-refractivity contribution is 0.103. The van der Waals surface area contributed by atoms with Gasteiger partial charge in [0.2, 0.25) is 0 Å². The third kappa shape index (κ3) is 2.60. The molecule has 4 rings (SSSR count). The Hall–Kier alpha value is -2.99. The zero-order valence-electron chi connectivity index (χ0n) is 12.0. The first kappa shape index (κ1) is 13.7. The molecule has 0 aliphatic heterocycles. The first-order valence-electron chi connectivity index (χ1n) is 7.07. The van der Waals surface area contributed by atoms with Gasteiger partial charge in [-0.15, -0.1) is 5.10 Å². The Morgan fingerprint density at radius 1 is 1.09 bits per heavy atom. The number of hydrogen-bond donors (Lipinski definition) is 2. The summed E-state index contributed by atoms with van der Waals surface area (Å²) in [7, 11) is 0. The van der Waals surface area contributed by atoms with Gasteiger partial charge < -0.3 is 10.3 Å². The van der Waals surface area contributed by atoms with E-state index in [1.807, 2.05) is 60.8 Å². The van der Waals surface area contributed by atoms with Gasteiger partial charge in [-0.05, 0) is 35.1 Å². The van der Waals surface area contributed by atoms with Crippen LogP contribution >= 0.6 is 11.5 Å². The van der Waals surface area contributed by atoms with E-state index < -0.39 is 0 Å². The van der Waals surface area contributed by atoms with Crippen LogP contribution < -0.4 is 5.32 Å². The van der Waals surface area contributed by atoms with E-state index in [0.717, 1.165) is 33.7 Å². The summed E-state index contributed by atoms with van der Waals surface area (Å²) in [6.07, 6.45) is 1.87. The first-order valence-corrected chi connectivity index (χ1v) is 7.85. The fourth-order valence-electron chi connectivity index (χ4n) is 2.44. The number of carbonyl (C=O) groups excluding carboxylic acids is 1. The van der Waals surface area contributed by atoms with Crippen LogP contribution in [0, 0.1) is 0 Å². The molecule has 5 nitrogen and oxygen atoms in total. The molecule has 2 N–H and O–H groups in total. The van der Waals surface area contributed by atoms with E-state index in [9.17, 15) is 4.79 Å². The van der Waals surface area contributed by atoms with Crippen molar-refractivity contribution in [3.63, 3.8) is 0 Å². The smallest absolute Gasteiger partial charge is 0.269 e. The van der Waals surface area contributed by atoms with E-state index in [2.05, 4.69) is 19.9 Å². The molecule has 0 saturated carbocycles. The number of amides is 1. The van der Waals surface area contributed by atoms with Gasteiger partial charge in [0.25, 0.3) is 5.91 Å². The number of nitrogens with one attached hydrogen (secondary N) is 2. The Kier molecular flexibility index (Phi) is 3.36. The monoisotopic (exact) mass is 320 g/mol. The van der Waals surface area contributed by atoms with E-state index in [4.69, 9.17) is 0 Å². The molecule has 0 aliphatic carbocycles. The Balaban J connectivity index is 1.64. The highest BCUT2D eigenvalue weighted by molar-refractivity contribution is 7.08. The molecule has 6 heteroatoms. The summed E-state index contributed by atoms with van der Waals surface area (Å²) in [4.78, 5) is 16.2. The summed E-state index contributed by atoms with van der Waals surface area (Å²) in [6, 6.07) is 17.3. The van der Waals surface area contributed by atoms with Crippen LogP contribution in [0.3, 0.4) is 0 Å². The molecule has 0 radical (unpaired) electrons. The predicted octanol–water partition coefficient (Wildman–Crippen LogP) is 3.94. The summed E-state index contributed by atoms with van der Waals surface area (Å²) in [5.74, 6) is -0.204. The van der Waals surface area contributed by atoms with Crippen molar-refractivity contribution in [2.75, 3.05) is 5.32 Å². The lowest BCUT2D eigenvalue weighted by Crippen LogP contribution is -2.11. The minimum absolute atomic E-state index is 0.204. The van der Waals surface area contributed by atoms with Crippen LogP contribution in [0.4, 0.5) is 5.69 Å². The number of aromatic amines is 1. The standard InChI is InChI=1S/C17H12N4OS/c22-17(19-13-7-6-11-8-9-18-14(11)10-13)16-15(20-21-23-16)12-4-2-1-3-5-12/h1-10,18H,(H,19,22). The Bertz CT molecular complexity index is 974. The van der Waals surface area contributed by atoms with Crippen molar-refractivity contribution in [3.8, 4) is 11.3 Å². The molecule has 0 spiro atoms. The number of fused-ring (bicyclic) bond motifs is 1. The third-order valence-electron chi connectivity index (χ3n) is 3.55. The Morgan fingerprint density at radius 2 is 1.96 bits per heavy atom. The van der Waals surface area contributed by atoms with Gasteiger partial charge in [0.15, 0.2) is 0 Å². The van der Waals surface area contributed by atoms with Gasteiger partial charge in [-0.25, -0.2) is 0 Å². The molecule has 0 bridgehead atoms. The minimum Gasteiger partial charge on any atom is -0.361 e. The highest BCUT2D eigenvalue weighted by atomic mass is 32.1. The van der Waals surface area contributed by atoms with Crippen LogP contribution in [-0.4, -0.2) is 20.5 Å². The number of rotatable bonds is 3. The van der Waals surface area contributed by atoms with Gasteiger partial charge in [-0.1, -0.05) is 40.9 Å². The van der Waals surface area contributed by atoms with Crippen molar-refractivity contribution in [1.29, 1.82) is 0 Å². The zero-order chi connectivity index (χ0) is 15.6. The molecule has 2 aromatic heterocycles. The lowest BCUT2D eigenvalue weighted by atomic mass is 10.1. The van der Waals surface area contributed by atoms with E-state index in [1.165, 1.54) is 0 Å². The second-order valence-corrected chi connectivity index (χ2v) is 5.80. The van der Waals surface area contributed by atoms with Crippen LogP contribution in [-0.2, 0) is 0 Å². The second kappa shape index (κ2) is 5.66. The first-order chi connectivity index (χ1) is 11.3. The zero-order valence-corrected chi connectivity index (χ0v) is 12.8. The fourth-order valence-corrected chi connectivity index (χ4v) is 3.02. The van der Waals surface area contributed by atoms with E-state index in [-0.39, 0.29) is 5.91 Å². The number of hydrogen-bond acceptors (Lipinski definition) is 4. The number of nitrogens with zero attached hydrogens (tertiary/aromatic N) is 2. The van der Waals surface area contributed by atoms with Crippen LogP contribution in [0.2, 0.25) is 0 Å². The van der Waals surface area contributed by atoms with E-state index in [0.29, 0.717) is 10.6 Å². The predicted molar refractivity (Wildman–Crippen MR) is 91.6 cm³/mol. The van der Waals surface area contributed by atoms with Crippen LogP contribution in [0.15, 0.2) is 60.8 Å². The van der Waals surface area contributed by atoms with Gasteiger partial charge >= 0.3 is 0 Å². The Labute approximate surface area is 136 Å². The number of benzene rings is 2. The van der Waals surface area contributed by atoms with Gasteiger partial charge in [-0.3, -0.25) is 4.79 Å². The summed E-state index contributed by atoms with van der Waals surface area (Å²) in [5, 5.41) is 8.10. The second-order valence-electron chi connectivity index (χ2n) is 5.05. The van der Waals surface area contributed by atoms with E-state index >= 15 is 0 Å². The molecule has 4 aromatic rings. The molecule has 2 aromatic carbocycles. The molecule has 2 heterocycles. The highest BCUT2D eigenvalue weighted by Gasteiger charge is 2.17. The van der Waals surface area contributed by atoms with Crippen molar-refractivity contribution in [3.05, 3.63) is 65.7 Å². The highest BCUT2D eigenvalue weighted by Crippen LogP contribution is 2.25. The quantitative estimate of drug-likeness (QED) is 0.600. The maximum absolute atomic E-state index is 12.6. The molecular formula is C17H12N4OS. The third-order valence-corrected chi connectivity index (χ3v) is 4.28. The molecule has 1 amide bonds. The van der Waals surface area contributed by atoms with Crippen LogP contribution in [0.5, 0.6) is 0 Å². The molecule has 0 atom stereocenters. The van der Waals surface area contributed by atoms with Crippen molar-refractivity contribution >= 4 is 34.0 Å². The molecule has 112 valence electrons. The number of H-pyrrole nitrogens is 1. The maximum atomic E-state index is 12.6. The summed E-state index contributed by atoms with van der Waals surface area (Å²) < 4.78 is 3.93. The summed E-state index contributed by atoms with van der Waals surface area (Å²) in [6.45, 7) is 0. The molecule has 0 unspecified atom stereocenters. The van der Waals surface area contributed by atoms with Crippen molar-refractivity contribution in [2.24, 2.45) is 0 Å². The fraction of sp³-hybridized carbons (Fsp3) is 0. The lowest BCUT2D eigenvalue weighted by Gasteiger charge is -2.05. The van der Waals surface area contributed by atoms with Gasteiger partial charge in [0.1, 0.15) is 10.6 Å². The largest absolute Gasteiger partial charge is 0.361 e. The average Bonchev–Trinajstić information content (AvgIpc) is 3.24. The SMILES string of the molecule is O=C(Nc1ccc2cc[nH]c2c1)c1snnc1-c1ccccc1. The summed E-state index contributed by atoms with van der Waals surface area (Å²) >= 11 is 1.10. The van der Waals surface area contributed by atoms with Gasteiger partial charge in [0, 0.05) is 23.0 Å². The molecule has 0 fully saturated rings. The van der Waals surface area contributed by atoms with E-state index in [1.54, 1.807) is 0 Å². The molecule has 23 heavy (non-hydrogen) atoms. The summed E-state index contributed by atoms with van der Waals surface area (Å²) in [5.41, 5.74) is 3.20. The average molecular weight is 320 g/mol. The molecule has 0 saturated heterocycles. The van der Waals surface area contributed by atoms with Crippen molar-refractivity contribution in [2.45, 2.75) is 0 Å². The van der Waals surface area contributed by atoms with Crippen LogP contribution in [0.1, 0.15) is 9.67 Å². The Morgan fingerprint density at radius 3 is 2.83 bits per heavy atom. The number of anilines is 1.